The predicted molar refractivity (Wildman–Crippen MR) is 116 cm³/mol. The van der Waals surface area contributed by atoms with Crippen molar-refractivity contribution in [1.29, 1.82) is 0 Å². The summed E-state index contributed by atoms with van der Waals surface area (Å²) in [5.74, 6) is 1.02. The molecule has 1 aromatic carbocycles. The van der Waals surface area contributed by atoms with Gasteiger partial charge < -0.3 is 15.2 Å². The predicted octanol–water partition coefficient (Wildman–Crippen LogP) is 4.98. The van der Waals surface area contributed by atoms with Gasteiger partial charge in [0.25, 0.3) is 5.91 Å². The van der Waals surface area contributed by atoms with E-state index in [1.165, 1.54) is 12.8 Å². The Morgan fingerprint density at radius 2 is 2.03 bits per heavy atom. The van der Waals surface area contributed by atoms with Gasteiger partial charge in [0, 0.05) is 28.8 Å². The van der Waals surface area contributed by atoms with Crippen molar-refractivity contribution in [3.05, 3.63) is 46.2 Å². The molecule has 1 amide bonds. The van der Waals surface area contributed by atoms with Gasteiger partial charge in [0.2, 0.25) is 0 Å². The van der Waals surface area contributed by atoms with Crippen molar-refractivity contribution < 1.29 is 14.6 Å². The molecule has 2 atom stereocenters. The van der Waals surface area contributed by atoms with Crippen molar-refractivity contribution in [2.75, 3.05) is 13.2 Å². The maximum atomic E-state index is 12.7. The second kappa shape index (κ2) is 9.79. The largest absolute Gasteiger partial charge is 0.491 e. The molecule has 5 nitrogen and oxygen atoms in total. The van der Waals surface area contributed by atoms with Gasteiger partial charge >= 0.3 is 0 Å². The van der Waals surface area contributed by atoms with Crippen LogP contribution in [0, 0.1) is 11.8 Å². The maximum Gasteiger partial charge on any atom is 0.270 e. The second-order valence-electron chi connectivity index (χ2n) is 7.84. The zero-order chi connectivity index (χ0) is 21.0. The molecule has 0 spiro atoms. The Kier molecular flexibility index (Phi) is 7.38. The van der Waals surface area contributed by atoms with E-state index < -0.39 is 0 Å². The lowest BCUT2D eigenvalue weighted by Crippen LogP contribution is -2.34. The molecule has 1 heterocycles. The van der Waals surface area contributed by atoms with Gasteiger partial charge in [-0.1, -0.05) is 36.2 Å². The van der Waals surface area contributed by atoms with E-state index in [1.807, 2.05) is 19.9 Å². The average Bonchev–Trinajstić information content (AvgIpc) is 3.50. The minimum atomic E-state index is -0.275. The number of nitrogens with one attached hydrogen (secondary N) is 1. The molecule has 7 heteroatoms. The van der Waals surface area contributed by atoms with E-state index >= 15 is 0 Å². The summed E-state index contributed by atoms with van der Waals surface area (Å²) in [5.41, 5.74) is 1.73. The molecule has 156 valence electrons. The third kappa shape index (κ3) is 6.08. The Balaban J connectivity index is 1.86. The lowest BCUT2D eigenvalue weighted by Gasteiger charge is -2.18. The van der Waals surface area contributed by atoms with Crippen LogP contribution in [-0.2, 0) is 0 Å². The highest BCUT2D eigenvalue weighted by atomic mass is 35.5. The molecule has 0 bridgehead atoms. The molecule has 1 saturated carbocycles. The quantitative estimate of drug-likeness (QED) is 0.581. The standard InChI is InChI=1S/C22H26Cl2N2O3/c1-13(11-27)7-14(2)26-22(28)20-9-18(17-6-5-16(23)8-19(17)24)21(10-25-20)29-12-15-3-4-15/h5-6,8-10,13-15,27H,3-4,7,11-12H2,1-2H3,(H,26,28)/t13?,14-/m0/s1. The van der Waals surface area contributed by atoms with Crippen molar-refractivity contribution in [3.63, 3.8) is 0 Å². The van der Waals surface area contributed by atoms with E-state index in [1.54, 1.807) is 24.4 Å². The van der Waals surface area contributed by atoms with Gasteiger partial charge in [-0.2, -0.15) is 0 Å². The molecule has 1 aliphatic carbocycles. The number of pyridine rings is 1. The van der Waals surface area contributed by atoms with E-state index in [2.05, 4.69) is 10.3 Å². The van der Waals surface area contributed by atoms with Crippen LogP contribution in [-0.4, -0.2) is 35.3 Å². The molecular weight excluding hydrogens is 411 g/mol. The first-order valence-corrected chi connectivity index (χ1v) is 10.6. The molecule has 3 rings (SSSR count). The number of carbonyl (C=O) groups is 1. The number of aliphatic hydroxyl groups is 1. The summed E-state index contributed by atoms with van der Waals surface area (Å²) >= 11 is 12.5. The molecule has 1 unspecified atom stereocenters. The number of aliphatic hydroxyl groups excluding tert-OH is 1. The highest BCUT2D eigenvalue weighted by Crippen LogP contribution is 2.38. The van der Waals surface area contributed by atoms with Gasteiger partial charge in [0.15, 0.2) is 0 Å². The first-order valence-electron chi connectivity index (χ1n) is 9.87. The van der Waals surface area contributed by atoms with Crippen LogP contribution in [0.1, 0.15) is 43.6 Å². The molecule has 0 aliphatic heterocycles. The number of benzene rings is 1. The van der Waals surface area contributed by atoms with Crippen molar-refractivity contribution in [1.82, 2.24) is 10.3 Å². The SMILES string of the molecule is CC(CO)C[C@H](C)NC(=O)c1cc(-c2ccc(Cl)cc2Cl)c(OCC2CC2)cn1. The van der Waals surface area contributed by atoms with Crippen molar-refractivity contribution >= 4 is 29.1 Å². The fourth-order valence-electron chi connectivity index (χ4n) is 3.13. The van der Waals surface area contributed by atoms with Crippen LogP contribution in [0.15, 0.2) is 30.5 Å². The molecule has 0 saturated heterocycles. The molecule has 1 fully saturated rings. The number of carbonyl (C=O) groups excluding carboxylic acids is 1. The van der Waals surface area contributed by atoms with Crippen LogP contribution in [0.4, 0.5) is 0 Å². The van der Waals surface area contributed by atoms with E-state index in [9.17, 15) is 9.90 Å². The minimum absolute atomic E-state index is 0.0835. The molecular formula is C22H26Cl2N2O3. The molecule has 29 heavy (non-hydrogen) atoms. The number of aromatic nitrogens is 1. The van der Waals surface area contributed by atoms with Gasteiger partial charge in [-0.05, 0) is 56.2 Å². The van der Waals surface area contributed by atoms with Crippen molar-refractivity contribution in [2.24, 2.45) is 11.8 Å². The summed E-state index contributed by atoms with van der Waals surface area (Å²) < 4.78 is 5.97. The molecule has 0 radical (unpaired) electrons. The highest BCUT2D eigenvalue weighted by molar-refractivity contribution is 6.36. The summed E-state index contributed by atoms with van der Waals surface area (Å²) in [7, 11) is 0. The van der Waals surface area contributed by atoms with Gasteiger partial charge in [0.05, 0.1) is 17.8 Å². The smallest absolute Gasteiger partial charge is 0.270 e. The second-order valence-corrected chi connectivity index (χ2v) is 8.69. The fraction of sp³-hybridized carbons (Fsp3) is 0.455. The lowest BCUT2D eigenvalue weighted by molar-refractivity contribution is 0.0926. The third-order valence-electron chi connectivity index (χ3n) is 4.94. The number of halogens is 2. The van der Waals surface area contributed by atoms with E-state index in [0.29, 0.717) is 40.3 Å². The van der Waals surface area contributed by atoms with E-state index in [4.69, 9.17) is 27.9 Å². The highest BCUT2D eigenvalue weighted by Gasteiger charge is 2.24. The normalized spacial score (nSPS) is 15.6. The van der Waals surface area contributed by atoms with Crippen molar-refractivity contribution in [2.45, 2.75) is 39.2 Å². The van der Waals surface area contributed by atoms with Crippen LogP contribution in [0.2, 0.25) is 10.0 Å². The zero-order valence-corrected chi connectivity index (χ0v) is 18.1. The Morgan fingerprint density at radius 3 is 2.69 bits per heavy atom. The Morgan fingerprint density at radius 1 is 1.28 bits per heavy atom. The van der Waals surface area contributed by atoms with Crippen LogP contribution in [0.25, 0.3) is 11.1 Å². The summed E-state index contributed by atoms with van der Waals surface area (Å²) in [6, 6.07) is 6.86. The number of hydrogen-bond donors (Lipinski definition) is 2. The zero-order valence-electron chi connectivity index (χ0n) is 16.6. The first-order chi connectivity index (χ1) is 13.9. The number of hydrogen-bond acceptors (Lipinski definition) is 4. The maximum absolute atomic E-state index is 12.7. The molecule has 1 aromatic heterocycles. The Bertz CT molecular complexity index is 871. The minimum Gasteiger partial charge on any atom is -0.491 e. The average molecular weight is 437 g/mol. The fourth-order valence-corrected chi connectivity index (χ4v) is 3.64. The van der Waals surface area contributed by atoms with Gasteiger partial charge in [0.1, 0.15) is 11.4 Å². The Labute approximate surface area is 181 Å². The third-order valence-corrected chi connectivity index (χ3v) is 5.49. The summed E-state index contributed by atoms with van der Waals surface area (Å²) in [6.45, 7) is 4.56. The topological polar surface area (TPSA) is 71.5 Å². The van der Waals surface area contributed by atoms with E-state index in [-0.39, 0.29) is 30.2 Å². The first kappa shape index (κ1) is 21.9. The number of rotatable bonds is 9. The monoisotopic (exact) mass is 436 g/mol. The molecule has 2 N–H and O–H groups in total. The number of ether oxygens (including phenoxy) is 1. The summed E-state index contributed by atoms with van der Waals surface area (Å²) in [5, 5.41) is 13.2. The lowest BCUT2D eigenvalue weighted by atomic mass is 10.0. The van der Waals surface area contributed by atoms with Crippen LogP contribution < -0.4 is 10.1 Å². The van der Waals surface area contributed by atoms with Gasteiger partial charge in [-0.3, -0.25) is 4.79 Å². The van der Waals surface area contributed by atoms with Gasteiger partial charge in [-0.15, -0.1) is 0 Å². The van der Waals surface area contributed by atoms with Crippen LogP contribution >= 0.6 is 23.2 Å². The number of nitrogens with zero attached hydrogens (tertiary/aromatic N) is 1. The van der Waals surface area contributed by atoms with Crippen molar-refractivity contribution in [3.8, 4) is 16.9 Å². The summed E-state index contributed by atoms with van der Waals surface area (Å²) in [6.07, 6.45) is 4.61. The van der Waals surface area contributed by atoms with Gasteiger partial charge in [-0.25, -0.2) is 4.98 Å². The summed E-state index contributed by atoms with van der Waals surface area (Å²) in [4.78, 5) is 17.0. The molecule has 2 aromatic rings. The number of amides is 1. The van der Waals surface area contributed by atoms with Crippen LogP contribution in [0.3, 0.4) is 0 Å². The Hall–Kier alpha value is -1.82. The molecule has 1 aliphatic rings. The van der Waals surface area contributed by atoms with Crippen LogP contribution in [0.5, 0.6) is 5.75 Å². The van der Waals surface area contributed by atoms with E-state index in [0.717, 1.165) is 5.56 Å².